The van der Waals surface area contributed by atoms with Crippen LogP contribution in [0.5, 0.6) is 0 Å². The fraction of sp³-hybridized carbons (Fsp3) is 0.0667. The molecule has 0 saturated carbocycles. The molecule has 0 aliphatic carbocycles. The minimum absolute atomic E-state index is 0.205. The van der Waals surface area contributed by atoms with Gasteiger partial charge in [-0.3, -0.25) is 9.69 Å². The van der Waals surface area contributed by atoms with Crippen molar-refractivity contribution in [2.75, 3.05) is 11.9 Å². The van der Waals surface area contributed by atoms with Gasteiger partial charge in [0.05, 0.1) is 10.2 Å². The summed E-state index contributed by atoms with van der Waals surface area (Å²) >= 11 is 1.45. The Hall–Kier alpha value is -2.27. The van der Waals surface area contributed by atoms with E-state index >= 15 is 0 Å². The van der Waals surface area contributed by atoms with Crippen molar-refractivity contribution >= 4 is 32.6 Å². The monoisotopic (exact) mass is 286 g/mol. The van der Waals surface area contributed by atoms with Gasteiger partial charge in [0, 0.05) is 12.6 Å². The summed E-state index contributed by atoms with van der Waals surface area (Å²) in [5.41, 5.74) is 1.31. The molecule has 0 fully saturated rings. The number of nitrogens with zero attached hydrogens (tertiary/aromatic N) is 2. The third kappa shape index (κ3) is 2.28. The Morgan fingerprint density at radius 1 is 1.15 bits per heavy atom. The second-order valence-corrected chi connectivity index (χ2v) is 5.34. The molecule has 0 saturated heterocycles. The molecule has 0 aliphatic heterocycles. The summed E-state index contributed by atoms with van der Waals surface area (Å²) in [6, 6.07) is 13.2. The van der Waals surface area contributed by atoms with E-state index in [0.29, 0.717) is 10.7 Å². The fourth-order valence-corrected chi connectivity index (χ4v) is 2.80. The van der Waals surface area contributed by atoms with Crippen molar-refractivity contribution < 1.29 is 9.18 Å². The number of anilines is 1. The van der Waals surface area contributed by atoms with Gasteiger partial charge in [-0.05, 0) is 36.4 Å². The first-order valence-electron chi connectivity index (χ1n) is 6.04. The average molecular weight is 286 g/mol. The van der Waals surface area contributed by atoms with E-state index in [4.69, 9.17) is 0 Å². The number of halogens is 1. The van der Waals surface area contributed by atoms with Gasteiger partial charge < -0.3 is 0 Å². The molecule has 1 amide bonds. The van der Waals surface area contributed by atoms with E-state index < -0.39 is 0 Å². The Morgan fingerprint density at radius 2 is 1.85 bits per heavy atom. The zero-order valence-electron chi connectivity index (χ0n) is 10.7. The van der Waals surface area contributed by atoms with Crippen LogP contribution >= 0.6 is 11.3 Å². The Balaban J connectivity index is 1.93. The van der Waals surface area contributed by atoms with Crippen molar-refractivity contribution in [1.82, 2.24) is 4.98 Å². The van der Waals surface area contributed by atoms with E-state index in [9.17, 15) is 9.18 Å². The molecule has 20 heavy (non-hydrogen) atoms. The minimum atomic E-state index is -0.357. The van der Waals surface area contributed by atoms with Crippen LogP contribution in [0.25, 0.3) is 10.2 Å². The lowest BCUT2D eigenvalue weighted by Crippen LogP contribution is -2.25. The number of aromatic nitrogens is 1. The van der Waals surface area contributed by atoms with E-state index in [1.807, 2.05) is 24.3 Å². The first-order valence-corrected chi connectivity index (χ1v) is 6.86. The summed E-state index contributed by atoms with van der Waals surface area (Å²) in [7, 11) is 1.67. The quantitative estimate of drug-likeness (QED) is 0.719. The molecule has 0 radical (unpaired) electrons. The molecule has 3 aromatic rings. The first-order chi connectivity index (χ1) is 9.65. The highest BCUT2D eigenvalue weighted by molar-refractivity contribution is 7.22. The maximum atomic E-state index is 12.9. The number of thiazole rings is 1. The molecule has 0 bridgehead atoms. The number of hydrogen-bond donors (Lipinski definition) is 0. The van der Waals surface area contributed by atoms with Crippen LogP contribution in [0.4, 0.5) is 9.52 Å². The summed E-state index contributed by atoms with van der Waals surface area (Å²) in [6.45, 7) is 0. The van der Waals surface area contributed by atoms with Crippen LogP contribution in [0.3, 0.4) is 0 Å². The maximum absolute atomic E-state index is 12.9. The Labute approximate surface area is 119 Å². The molecular formula is C15H11FN2OS. The molecule has 100 valence electrons. The Morgan fingerprint density at radius 3 is 2.55 bits per heavy atom. The fourth-order valence-electron chi connectivity index (χ4n) is 1.88. The first kappa shape index (κ1) is 12.7. The zero-order valence-corrected chi connectivity index (χ0v) is 11.5. The molecule has 1 aromatic heterocycles. The van der Waals surface area contributed by atoms with Gasteiger partial charge >= 0.3 is 0 Å². The molecule has 0 atom stereocenters. The van der Waals surface area contributed by atoms with Gasteiger partial charge in [0.2, 0.25) is 0 Å². The zero-order chi connectivity index (χ0) is 14.1. The lowest BCUT2D eigenvalue weighted by Gasteiger charge is -2.13. The largest absolute Gasteiger partial charge is 0.287 e. The number of para-hydroxylation sites is 1. The summed E-state index contributed by atoms with van der Waals surface area (Å²) in [4.78, 5) is 18.2. The van der Waals surface area contributed by atoms with Crippen LogP contribution in [0.2, 0.25) is 0 Å². The normalized spacial score (nSPS) is 10.7. The lowest BCUT2D eigenvalue weighted by molar-refractivity contribution is 0.0993. The lowest BCUT2D eigenvalue weighted by atomic mass is 10.2. The number of benzene rings is 2. The molecule has 3 nitrogen and oxygen atoms in total. The molecule has 5 heteroatoms. The molecular weight excluding hydrogens is 275 g/mol. The molecule has 0 spiro atoms. The highest BCUT2D eigenvalue weighted by atomic mass is 32.1. The van der Waals surface area contributed by atoms with E-state index in [0.717, 1.165) is 10.2 Å². The van der Waals surface area contributed by atoms with Crippen LogP contribution in [-0.4, -0.2) is 17.9 Å². The molecule has 3 rings (SSSR count). The number of carbonyl (C=O) groups is 1. The Bertz CT molecular complexity index is 734. The van der Waals surface area contributed by atoms with Crippen LogP contribution in [0.15, 0.2) is 48.5 Å². The SMILES string of the molecule is CN(C(=O)c1ccc(F)cc1)c1nc2ccccc2s1. The highest BCUT2D eigenvalue weighted by Gasteiger charge is 2.16. The van der Waals surface area contributed by atoms with Gasteiger partial charge in [-0.2, -0.15) is 0 Å². The molecule has 0 N–H and O–H groups in total. The summed E-state index contributed by atoms with van der Waals surface area (Å²) in [5, 5.41) is 0.625. The highest BCUT2D eigenvalue weighted by Crippen LogP contribution is 2.28. The number of fused-ring (bicyclic) bond motifs is 1. The standard InChI is InChI=1S/C15H11FN2OS/c1-18(14(19)10-6-8-11(16)9-7-10)15-17-12-4-2-3-5-13(12)20-15/h2-9H,1H3. The molecule has 1 heterocycles. The van der Waals surface area contributed by atoms with Crippen molar-refractivity contribution in [1.29, 1.82) is 0 Å². The van der Waals surface area contributed by atoms with Gasteiger partial charge in [0.15, 0.2) is 5.13 Å². The van der Waals surface area contributed by atoms with Gasteiger partial charge in [-0.15, -0.1) is 0 Å². The van der Waals surface area contributed by atoms with Gasteiger partial charge in [0.1, 0.15) is 5.82 Å². The van der Waals surface area contributed by atoms with Gasteiger partial charge in [0.25, 0.3) is 5.91 Å². The second-order valence-electron chi connectivity index (χ2n) is 4.34. The van der Waals surface area contributed by atoms with Crippen LogP contribution < -0.4 is 4.90 Å². The number of amides is 1. The molecule has 0 aliphatic rings. The average Bonchev–Trinajstić information content (AvgIpc) is 2.90. The van der Waals surface area contributed by atoms with Crippen molar-refractivity contribution in [2.45, 2.75) is 0 Å². The smallest absolute Gasteiger partial charge is 0.259 e. The van der Waals surface area contributed by atoms with E-state index in [2.05, 4.69) is 4.98 Å². The van der Waals surface area contributed by atoms with Crippen molar-refractivity contribution in [2.24, 2.45) is 0 Å². The maximum Gasteiger partial charge on any atom is 0.259 e. The Kier molecular flexibility index (Phi) is 3.20. The van der Waals surface area contributed by atoms with E-state index in [-0.39, 0.29) is 11.7 Å². The van der Waals surface area contributed by atoms with Crippen molar-refractivity contribution in [3.8, 4) is 0 Å². The number of carbonyl (C=O) groups excluding carboxylic acids is 1. The van der Waals surface area contributed by atoms with E-state index in [1.54, 1.807) is 7.05 Å². The number of rotatable bonds is 2. The number of hydrogen-bond acceptors (Lipinski definition) is 3. The summed E-state index contributed by atoms with van der Waals surface area (Å²) in [5.74, 6) is -0.562. The minimum Gasteiger partial charge on any atom is -0.287 e. The predicted octanol–water partition coefficient (Wildman–Crippen LogP) is 3.71. The van der Waals surface area contributed by atoms with Crippen molar-refractivity contribution in [3.05, 3.63) is 59.9 Å². The summed E-state index contributed by atoms with van der Waals surface area (Å²) in [6.07, 6.45) is 0. The molecule has 2 aromatic carbocycles. The second kappa shape index (κ2) is 5.02. The van der Waals surface area contributed by atoms with Crippen LogP contribution in [0, 0.1) is 5.82 Å². The van der Waals surface area contributed by atoms with Crippen LogP contribution in [0.1, 0.15) is 10.4 Å². The van der Waals surface area contributed by atoms with Gasteiger partial charge in [-0.1, -0.05) is 23.5 Å². The van der Waals surface area contributed by atoms with Gasteiger partial charge in [-0.25, -0.2) is 9.37 Å². The van der Waals surface area contributed by atoms with E-state index in [1.165, 1.54) is 40.5 Å². The summed E-state index contributed by atoms with van der Waals surface area (Å²) < 4.78 is 13.9. The third-order valence-corrected chi connectivity index (χ3v) is 4.08. The third-order valence-electron chi connectivity index (χ3n) is 2.97. The topological polar surface area (TPSA) is 33.2 Å². The molecule has 0 unspecified atom stereocenters. The van der Waals surface area contributed by atoms with Crippen LogP contribution in [-0.2, 0) is 0 Å². The van der Waals surface area contributed by atoms with Crippen molar-refractivity contribution in [3.63, 3.8) is 0 Å². The predicted molar refractivity (Wildman–Crippen MR) is 78.8 cm³/mol.